The SMILES string of the molecule is O=C(CCOc1ccccc1)N1C[C@H]2C[C@@H](n3cnc4ccccc43)[C@H](O)C[C@H]2C1. The molecule has 156 valence electrons. The maximum Gasteiger partial charge on any atom is 0.226 e. The van der Waals surface area contributed by atoms with Gasteiger partial charge in [-0.15, -0.1) is 0 Å². The Morgan fingerprint density at radius 3 is 2.60 bits per heavy atom. The number of carbonyl (C=O) groups excluding carboxylic acids is 1. The van der Waals surface area contributed by atoms with Gasteiger partial charge in [-0.2, -0.15) is 0 Å². The van der Waals surface area contributed by atoms with E-state index in [0.29, 0.717) is 24.9 Å². The lowest BCUT2D eigenvalue weighted by molar-refractivity contribution is -0.130. The first-order chi connectivity index (χ1) is 14.7. The Hall–Kier alpha value is -2.86. The standard InChI is InChI=1S/C24H27N3O3/c28-23-13-18-15-26(24(29)10-11-30-19-6-2-1-3-7-19)14-17(18)12-22(23)27-16-25-20-8-4-5-9-21(20)27/h1-9,16-18,22-23,28H,10-15H2/t17-,18+,22-,23-/m1/s1. The van der Waals surface area contributed by atoms with E-state index in [1.165, 1.54) is 0 Å². The van der Waals surface area contributed by atoms with E-state index in [1.807, 2.05) is 59.8 Å². The fourth-order valence-corrected chi connectivity index (χ4v) is 5.08. The molecule has 6 heteroatoms. The van der Waals surface area contributed by atoms with Crippen LogP contribution in [0.1, 0.15) is 25.3 Å². The average molecular weight is 405 g/mol. The Balaban J connectivity index is 1.21. The Labute approximate surface area is 176 Å². The highest BCUT2D eigenvalue weighted by atomic mass is 16.5. The number of aliphatic hydroxyl groups is 1. The molecular weight excluding hydrogens is 378 g/mol. The number of aliphatic hydroxyl groups excluding tert-OH is 1. The number of hydrogen-bond donors (Lipinski definition) is 1. The van der Waals surface area contributed by atoms with Gasteiger partial charge in [-0.05, 0) is 48.9 Å². The summed E-state index contributed by atoms with van der Waals surface area (Å²) in [6.07, 6.45) is 3.41. The molecule has 6 nitrogen and oxygen atoms in total. The summed E-state index contributed by atoms with van der Waals surface area (Å²) in [6, 6.07) is 17.6. The van der Waals surface area contributed by atoms with E-state index in [-0.39, 0.29) is 11.9 Å². The summed E-state index contributed by atoms with van der Waals surface area (Å²) in [5, 5.41) is 10.9. The molecule has 1 saturated carbocycles. The van der Waals surface area contributed by atoms with Gasteiger partial charge in [-0.25, -0.2) is 4.98 Å². The summed E-state index contributed by atoms with van der Waals surface area (Å²) in [7, 11) is 0. The highest BCUT2D eigenvalue weighted by molar-refractivity contribution is 5.77. The summed E-state index contributed by atoms with van der Waals surface area (Å²) in [5.41, 5.74) is 2.01. The van der Waals surface area contributed by atoms with E-state index in [9.17, 15) is 9.90 Å². The Kier molecular flexibility index (Phi) is 5.17. The monoisotopic (exact) mass is 405 g/mol. The molecule has 0 radical (unpaired) electrons. The van der Waals surface area contributed by atoms with Crippen molar-refractivity contribution in [2.24, 2.45) is 11.8 Å². The number of benzene rings is 2. The van der Waals surface area contributed by atoms with Crippen molar-refractivity contribution in [3.8, 4) is 5.75 Å². The Bertz CT molecular complexity index is 1020. The van der Waals surface area contributed by atoms with Crippen molar-refractivity contribution in [2.45, 2.75) is 31.4 Å². The topological polar surface area (TPSA) is 67.6 Å². The van der Waals surface area contributed by atoms with Crippen LogP contribution in [0.25, 0.3) is 11.0 Å². The molecule has 1 aromatic heterocycles. The van der Waals surface area contributed by atoms with Gasteiger partial charge in [0.2, 0.25) is 5.91 Å². The first kappa shape index (κ1) is 19.1. The van der Waals surface area contributed by atoms with Crippen LogP contribution < -0.4 is 4.74 Å². The number of imidazole rings is 1. The predicted molar refractivity (Wildman–Crippen MR) is 114 cm³/mol. The number of likely N-dealkylation sites (tertiary alicyclic amines) is 1. The van der Waals surface area contributed by atoms with Crippen LogP contribution in [-0.4, -0.2) is 51.3 Å². The molecule has 3 aromatic rings. The van der Waals surface area contributed by atoms with Crippen LogP contribution in [-0.2, 0) is 4.79 Å². The largest absolute Gasteiger partial charge is 0.493 e. The van der Waals surface area contributed by atoms with E-state index in [2.05, 4.69) is 15.6 Å². The van der Waals surface area contributed by atoms with Gasteiger partial charge in [0.15, 0.2) is 0 Å². The van der Waals surface area contributed by atoms with Crippen molar-refractivity contribution in [2.75, 3.05) is 19.7 Å². The molecule has 1 saturated heterocycles. The van der Waals surface area contributed by atoms with Gasteiger partial charge in [-0.3, -0.25) is 4.79 Å². The first-order valence-corrected chi connectivity index (χ1v) is 10.7. The predicted octanol–water partition coefficient (Wildman–Crippen LogP) is 3.28. The molecule has 1 aliphatic heterocycles. The molecule has 1 aliphatic carbocycles. The highest BCUT2D eigenvalue weighted by Gasteiger charge is 2.43. The molecular formula is C24H27N3O3. The molecule has 2 aliphatic rings. The summed E-state index contributed by atoms with van der Waals surface area (Å²) >= 11 is 0. The van der Waals surface area contributed by atoms with E-state index >= 15 is 0 Å². The van der Waals surface area contributed by atoms with Crippen molar-refractivity contribution in [3.63, 3.8) is 0 Å². The summed E-state index contributed by atoms with van der Waals surface area (Å²) in [6.45, 7) is 1.90. The van der Waals surface area contributed by atoms with Gasteiger partial charge < -0.3 is 19.3 Å². The van der Waals surface area contributed by atoms with Gasteiger partial charge in [-0.1, -0.05) is 30.3 Å². The second kappa shape index (κ2) is 8.11. The molecule has 0 bridgehead atoms. The average Bonchev–Trinajstić information content (AvgIpc) is 3.37. The minimum atomic E-state index is -0.416. The van der Waals surface area contributed by atoms with Gasteiger partial charge in [0.25, 0.3) is 0 Å². The van der Waals surface area contributed by atoms with Crippen molar-refractivity contribution in [1.82, 2.24) is 14.5 Å². The zero-order chi connectivity index (χ0) is 20.5. The number of hydrogen-bond acceptors (Lipinski definition) is 4. The Morgan fingerprint density at radius 2 is 1.77 bits per heavy atom. The number of amides is 1. The molecule has 0 spiro atoms. The van der Waals surface area contributed by atoms with E-state index in [0.717, 1.165) is 42.7 Å². The number of para-hydroxylation sites is 3. The zero-order valence-corrected chi connectivity index (χ0v) is 16.9. The number of fused-ring (bicyclic) bond motifs is 2. The second-order valence-electron chi connectivity index (χ2n) is 8.48. The lowest BCUT2D eigenvalue weighted by Crippen LogP contribution is -2.36. The first-order valence-electron chi connectivity index (χ1n) is 10.7. The highest BCUT2D eigenvalue weighted by Crippen LogP contribution is 2.42. The van der Waals surface area contributed by atoms with Gasteiger partial charge in [0, 0.05) is 13.1 Å². The molecule has 30 heavy (non-hydrogen) atoms. The summed E-state index contributed by atoms with van der Waals surface area (Å²) in [5.74, 6) is 1.71. The van der Waals surface area contributed by atoms with Crippen LogP contribution in [0.5, 0.6) is 5.75 Å². The van der Waals surface area contributed by atoms with Crippen LogP contribution in [0.15, 0.2) is 60.9 Å². The van der Waals surface area contributed by atoms with Gasteiger partial charge in [0.05, 0.1) is 42.5 Å². The molecule has 5 rings (SSSR count). The second-order valence-corrected chi connectivity index (χ2v) is 8.48. The third-order valence-corrected chi connectivity index (χ3v) is 6.63. The molecule has 4 atom stereocenters. The maximum atomic E-state index is 12.7. The lowest BCUT2D eigenvalue weighted by Gasteiger charge is -2.36. The smallest absolute Gasteiger partial charge is 0.226 e. The Morgan fingerprint density at radius 1 is 1.03 bits per heavy atom. The van der Waals surface area contributed by atoms with E-state index in [4.69, 9.17) is 4.74 Å². The fraction of sp³-hybridized carbons (Fsp3) is 0.417. The molecule has 0 unspecified atom stereocenters. The fourth-order valence-electron chi connectivity index (χ4n) is 5.08. The number of aromatic nitrogens is 2. The third kappa shape index (κ3) is 3.67. The van der Waals surface area contributed by atoms with Crippen molar-refractivity contribution < 1.29 is 14.6 Å². The lowest BCUT2D eigenvalue weighted by atomic mass is 9.77. The number of ether oxygens (including phenoxy) is 1. The third-order valence-electron chi connectivity index (χ3n) is 6.63. The van der Waals surface area contributed by atoms with Crippen LogP contribution in [0.2, 0.25) is 0 Å². The van der Waals surface area contributed by atoms with Crippen LogP contribution in [0.3, 0.4) is 0 Å². The van der Waals surface area contributed by atoms with Gasteiger partial charge >= 0.3 is 0 Å². The van der Waals surface area contributed by atoms with E-state index in [1.54, 1.807) is 0 Å². The molecule has 2 fully saturated rings. The minimum Gasteiger partial charge on any atom is -0.493 e. The van der Waals surface area contributed by atoms with Crippen molar-refractivity contribution in [1.29, 1.82) is 0 Å². The number of carbonyl (C=O) groups is 1. The molecule has 1 N–H and O–H groups in total. The summed E-state index contributed by atoms with van der Waals surface area (Å²) in [4.78, 5) is 19.2. The molecule has 2 aromatic carbocycles. The van der Waals surface area contributed by atoms with Crippen molar-refractivity contribution in [3.05, 3.63) is 60.9 Å². The van der Waals surface area contributed by atoms with Crippen molar-refractivity contribution >= 4 is 16.9 Å². The maximum absolute atomic E-state index is 12.7. The van der Waals surface area contributed by atoms with Gasteiger partial charge in [0.1, 0.15) is 5.75 Å². The van der Waals surface area contributed by atoms with Crippen LogP contribution in [0, 0.1) is 11.8 Å². The molecule has 1 amide bonds. The quantitative estimate of drug-likeness (QED) is 0.707. The van der Waals surface area contributed by atoms with Crippen LogP contribution in [0.4, 0.5) is 0 Å². The zero-order valence-electron chi connectivity index (χ0n) is 16.9. The van der Waals surface area contributed by atoms with Crippen LogP contribution >= 0.6 is 0 Å². The van der Waals surface area contributed by atoms with E-state index < -0.39 is 6.10 Å². The number of nitrogens with zero attached hydrogens (tertiary/aromatic N) is 3. The molecule has 2 heterocycles. The normalized spacial score (nSPS) is 26.0. The number of rotatable bonds is 5. The minimum absolute atomic E-state index is 0.00937. The summed E-state index contributed by atoms with van der Waals surface area (Å²) < 4.78 is 7.80.